The van der Waals surface area contributed by atoms with Gasteiger partial charge in [-0.05, 0) is 63.1 Å². The van der Waals surface area contributed by atoms with Crippen LogP contribution < -0.4 is 5.32 Å². The van der Waals surface area contributed by atoms with Crippen LogP contribution in [0.4, 0.5) is 0 Å². The van der Waals surface area contributed by atoms with Crippen molar-refractivity contribution in [1.29, 1.82) is 0 Å². The Morgan fingerprint density at radius 1 is 1.25 bits per heavy atom. The smallest absolute Gasteiger partial charge is 0.0192 e. The van der Waals surface area contributed by atoms with Gasteiger partial charge in [0.2, 0.25) is 0 Å². The molecule has 2 aliphatic rings. The van der Waals surface area contributed by atoms with Crippen molar-refractivity contribution in [2.75, 3.05) is 20.1 Å². The van der Waals surface area contributed by atoms with Gasteiger partial charge in [-0.15, -0.1) is 0 Å². The average Bonchev–Trinajstić information content (AvgIpc) is 3.31. The normalized spacial score (nSPS) is 23.6. The molecule has 1 aromatic rings. The van der Waals surface area contributed by atoms with Gasteiger partial charge < -0.3 is 5.32 Å². The van der Waals surface area contributed by atoms with Crippen molar-refractivity contribution < 1.29 is 0 Å². The largest absolute Gasteiger partial charge is 0.315 e. The summed E-state index contributed by atoms with van der Waals surface area (Å²) in [6.07, 6.45) is 6.76. The van der Waals surface area contributed by atoms with Crippen molar-refractivity contribution in [1.82, 2.24) is 10.2 Å². The minimum Gasteiger partial charge on any atom is -0.315 e. The van der Waals surface area contributed by atoms with E-state index in [0.29, 0.717) is 6.04 Å². The standard InChI is InChI=1S/C18H28N2/c1-14(20(2)17-10-11-17)12-19-13-16-8-5-7-15-6-3-4-9-18(15)16/h3-4,6,9,14,16-17,19H,5,7-8,10-13H2,1-2H3. The van der Waals surface area contributed by atoms with E-state index in [4.69, 9.17) is 0 Å². The van der Waals surface area contributed by atoms with Gasteiger partial charge in [-0.25, -0.2) is 0 Å². The molecule has 0 saturated heterocycles. The predicted octanol–water partition coefficient (Wildman–Crippen LogP) is 3.18. The van der Waals surface area contributed by atoms with Crippen molar-refractivity contribution in [3.63, 3.8) is 0 Å². The van der Waals surface area contributed by atoms with Crippen LogP contribution in [0.3, 0.4) is 0 Å². The number of fused-ring (bicyclic) bond motifs is 1. The number of hydrogen-bond acceptors (Lipinski definition) is 2. The zero-order chi connectivity index (χ0) is 13.9. The maximum atomic E-state index is 3.72. The van der Waals surface area contributed by atoms with Crippen LogP contribution >= 0.6 is 0 Å². The number of nitrogens with one attached hydrogen (secondary N) is 1. The molecule has 0 heterocycles. The summed E-state index contributed by atoms with van der Waals surface area (Å²) in [5.41, 5.74) is 3.17. The third-order valence-corrected chi connectivity index (χ3v) is 5.14. The molecule has 1 saturated carbocycles. The van der Waals surface area contributed by atoms with Crippen molar-refractivity contribution in [3.05, 3.63) is 35.4 Å². The zero-order valence-electron chi connectivity index (χ0n) is 12.9. The van der Waals surface area contributed by atoms with Crippen LogP contribution in [0.2, 0.25) is 0 Å². The first-order chi connectivity index (χ1) is 9.75. The van der Waals surface area contributed by atoms with Crippen molar-refractivity contribution in [2.45, 2.75) is 57.0 Å². The summed E-state index contributed by atoms with van der Waals surface area (Å²) < 4.78 is 0. The van der Waals surface area contributed by atoms with Gasteiger partial charge in [-0.3, -0.25) is 4.90 Å². The maximum Gasteiger partial charge on any atom is 0.0192 e. The highest BCUT2D eigenvalue weighted by Crippen LogP contribution is 2.31. The molecule has 2 unspecified atom stereocenters. The molecule has 0 bridgehead atoms. The SMILES string of the molecule is CC(CNCC1CCCc2ccccc21)N(C)C1CC1. The number of benzene rings is 1. The fourth-order valence-corrected chi connectivity index (χ4v) is 3.52. The van der Waals surface area contributed by atoms with Gasteiger partial charge in [0.15, 0.2) is 0 Å². The van der Waals surface area contributed by atoms with Crippen LogP contribution in [0.5, 0.6) is 0 Å². The molecule has 3 rings (SSSR count). The molecule has 0 aromatic heterocycles. The van der Waals surface area contributed by atoms with Crippen molar-refractivity contribution >= 4 is 0 Å². The summed E-state index contributed by atoms with van der Waals surface area (Å²) in [6.45, 7) is 4.60. The Kier molecular flexibility index (Phi) is 4.42. The molecule has 2 atom stereocenters. The third kappa shape index (κ3) is 3.24. The van der Waals surface area contributed by atoms with E-state index in [1.165, 1.54) is 32.1 Å². The van der Waals surface area contributed by atoms with Crippen LogP contribution in [0.1, 0.15) is 49.7 Å². The van der Waals surface area contributed by atoms with Crippen LogP contribution in [-0.2, 0) is 6.42 Å². The van der Waals surface area contributed by atoms with E-state index in [0.717, 1.165) is 25.0 Å². The second-order valence-corrected chi connectivity index (χ2v) is 6.69. The molecular weight excluding hydrogens is 244 g/mol. The summed E-state index contributed by atoms with van der Waals surface area (Å²) in [5, 5.41) is 3.72. The molecule has 2 nitrogen and oxygen atoms in total. The lowest BCUT2D eigenvalue weighted by molar-refractivity contribution is 0.240. The average molecular weight is 272 g/mol. The van der Waals surface area contributed by atoms with Gasteiger partial charge in [0.1, 0.15) is 0 Å². The Balaban J connectivity index is 1.49. The third-order valence-electron chi connectivity index (χ3n) is 5.14. The monoisotopic (exact) mass is 272 g/mol. The lowest BCUT2D eigenvalue weighted by Crippen LogP contribution is -2.40. The summed E-state index contributed by atoms with van der Waals surface area (Å²) >= 11 is 0. The summed E-state index contributed by atoms with van der Waals surface area (Å²) in [5.74, 6) is 0.721. The van der Waals surface area contributed by atoms with Gasteiger partial charge in [-0.1, -0.05) is 24.3 Å². The van der Waals surface area contributed by atoms with E-state index < -0.39 is 0 Å². The van der Waals surface area contributed by atoms with Gasteiger partial charge in [0.25, 0.3) is 0 Å². The molecule has 0 radical (unpaired) electrons. The molecule has 2 aliphatic carbocycles. The number of rotatable bonds is 6. The fourth-order valence-electron chi connectivity index (χ4n) is 3.52. The fraction of sp³-hybridized carbons (Fsp3) is 0.667. The van der Waals surface area contributed by atoms with Crippen LogP contribution in [0, 0.1) is 0 Å². The van der Waals surface area contributed by atoms with Crippen LogP contribution in [0.25, 0.3) is 0 Å². The minimum absolute atomic E-state index is 0.654. The molecule has 0 aliphatic heterocycles. The molecule has 1 aromatic carbocycles. The van der Waals surface area contributed by atoms with E-state index in [9.17, 15) is 0 Å². The lowest BCUT2D eigenvalue weighted by atomic mass is 9.83. The maximum absolute atomic E-state index is 3.72. The summed E-state index contributed by atoms with van der Waals surface area (Å²) in [6, 6.07) is 10.5. The number of likely N-dealkylation sites (N-methyl/N-ethyl adjacent to an activating group) is 1. The minimum atomic E-state index is 0.654. The van der Waals surface area contributed by atoms with E-state index in [2.05, 4.69) is 48.5 Å². The van der Waals surface area contributed by atoms with E-state index in [1.54, 1.807) is 11.1 Å². The molecule has 0 spiro atoms. The summed E-state index contributed by atoms with van der Waals surface area (Å²) in [4.78, 5) is 2.54. The first-order valence-electron chi connectivity index (χ1n) is 8.26. The molecule has 110 valence electrons. The molecule has 1 fully saturated rings. The van der Waals surface area contributed by atoms with Gasteiger partial charge in [0.05, 0.1) is 0 Å². The molecule has 2 heteroatoms. The van der Waals surface area contributed by atoms with Crippen LogP contribution in [-0.4, -0.2) is 37.1 Å². The highest BCUT2D eigenvalue weighted by atomic mass is 15.2. The van der Waals surface area contributed by atoms with Gasteiger partial charge in [-0.2, -0.15) is 0 Å². The quantitative estimate of drug-likeness (QED) is 0.855. The van der Waals surface area contributed by atoms with Crippen molar-refractivity contribution in [2.24, 2.45) is 0 Å². The Morgan fingerprint density at radius 3 is 2.85 bits per heavy atom. The van der Waals surface area contributed by atoms with E-state index >= 15 is 0 Å². The molecular formula is C18H28N2. The lowest BCUT2D eigenvalue weighted by Gasteiger charge is -2.28. The molecule has 0 amide bonds. The first kappa shape index (κ1) is 14.1. The predicted molar refractivity (Wildman–Crippen MR) is 85.2 cm³/mol. The Bertz CT molecular complexity index is 439. The van der Waals surface area contributed by atoms with E-state index in [1.807, 2.05) is 0 Å². The number of hydrogen-bond donors (Lipinski definition) is 1. The first-order valence-corrected chi connectivity index (χ1v) is 8.26. The number of nitrogens with zero attached hydrogens (tertiary/aromatic N) is 1. The topological polar surface area (TPSA) is 15.3 Å². The van der Waals surface area contributed by atoms with E-state index in [-0.39, 0.29) is 0 Å². The highest BCUT2D eigenvalue weighted by Gasteiger charge is 2.29. The number of aryl methyl sites for hydroxylation is 1. The zero-order valence-corrected chi connectivity index (χ0v) is 12.9. The van der Waals surface area contributed by atoms with Gasteiger partial charge in [0, 0.05) is 25.2 Å². The van der Waals surface area contributed by atoms with Crippen molar-refractivity contribution in [3.8, 4) is 0 Å². The second-order valence-electron chi connectivity index (χ2n) is 6.69. The molecule has 20 heavy (non-hydrogen) atoms. The Morgan fingerprint density at radius 2 is 2.05 bits per heavy atom. The Hall–Kier alpha value is -0.860. The van der Waals surface area contributed by atoms with Crippen LogP contribution in [0.15, 0.2) is 24.3 Å². The van der Waals surface area contributed by atoms with Gasteiger partial charge >= 0.3 is 0 Å². The second kappa shape index (κ2) is 6.28. The highest BCUT2D eigenvalue weighted by molar-refractivity contribution is 5.32. The molecule has 1 N–H and O–H groups in total. The Labute approximate surface area is 123 Å². The summed E-state index contributed by atoms with van der Waals surface area (Å²) in [7, 11) is 2.28.